The molecule has 0 radical (unpaired) electrons. The molecule has 0 fully saturated rings. The fourth-order valence-corrected chi connectivity index (χ4v) is 2.33. The van der Waals surface area contributed by atoms with Crippen LogP contribution in [0.5, 0.6) is 0 Å². The van der Waals surface area contributed by atoms with E-state index in [1.54, 1.807) is 0 Å². The Labute approximate surface area is 116 Å². The number of imidazole rings is 1. The summed E-state index contributed by atoms with van der Waals surface area (Å²) >= 11 is 6.13. The fourth-order valence-electron chi connectivity index (χ4n) is 2.13. The zero-order valence-corrected chi connectivity index (χ0v) is 11.1. The van der Waals surface area contributed by atoms with Crippen molar-refractivity contribution in [3.05, 3.63) is 59.4 Å². The Morgan fingerprint density at radius 3 is 2.58 bits per heavy atom. The van der Waals surface area contributed by atoms with Gasteiger partial charge in [-0.2, -0.15) is 0 Å². The largest absolute Gasteiger partial charge is 0.330 e. The average molecular weight is 272 g/mol. The molecule has 0 aliphatic heterocycles. The van der Waals surface area contributed by atoms with Gasteiger partial charge in [0.1, 0.15) is 10.8 Å². The first kappa shape index (κ1) is 12.2. The molecule has 2 N–H and O–H groups in total. The molecule has 96 valence electrons. The second-order valence-corrected chi connectivity index (χ2v) is 4.83. The molecular weight excluding hydrogens is 258 g/mol. The molecule has 1 aromatic carbocycles. The van der Waals surface area contributed by atoms with Crippen LogP contribution in [-0.2, 0) is 6.42 Å². The minimum atomic E-state index is 0.663. The number of rotatable bonds is 3. The Bertz CT molecular complexity index is 701. The van der Waals surface area contributed by atoms with E-state index in [4.69, 9.17) is 17.3 Å². The van der Waals surface area contributed by atoms with Crippen molar-refractivity contribution in [3.8, 4) is 11.3 Å². The number of aromatic nitrogens is 2. The molecule has 0 amide bonds. The van der Waals surface area contributed by atoms with Crippen molar-refractivity contribution in [2.45, 2.75) is 6.42 Å². The van der Waals surface area contributed by atoms with Crippen LogP contribution < -0.4 is 5.73 Å². The summed E-state index contributed by atoms with van der Waals surface area (Å²) in [5, 5.41) is 0.663. The minimum Gasteiger partial charge on any atom is -0.330 e. The molecule has 0 saturated heterocycles. The third-order valence-corrected chi connectivity index (χ3v) is 3.43. The summed E-state index contributed by atoms with van der Waals surface area (Å²) in [6, 6.07) is 14.0. The van der Waals surface area contributed by atoms with Crippen LogP contribution in [0.2, 0.25) is 5.15 Å². The SMILES string of the molecule is NCCc1ccc(-c2cn3c(Cl)cccc3n2)cc1. The molecule has 0 aliphatic rings. The number of nitrogens with zero attached hydrogens (tertiary/aromatic N) is 2. The lowest BCUT2D eigenvalue weighted by molar-refractivity contribution is 0.969. The van der Waals surface area contributed by atoms with Gasteiger partial charge in [-0.15, -0.1) is 0 Å². The van der Waals surface area contributed by atoms with Crippen molar-refractivity contribution in [2.24, 2.45) is 5.73 Å². The fraction of sp³-hybridized carbons (Fsp3) is 0.133. The monoisotopic (exact) mass is 271 g/mol. The van der Waals surface area contributed by atoms with E-state index >= 15 is 0 Å². The molecule has 0 bridgehead atoms. The second kappa shape index (κ2) is 5.03. The van der Waals surface area contributed by atoms with Crippen LogP contribution in [0.15, 0.2) is 48.7 Å². The number of hydrogen-bond donors (Lipinski definition) is 1. The van der Waals surface area contributed by atoms with Gasteiger partial charge >= 0.3 is 0 Å². The second-order valence-electron chi connectivity index (χ2n) is 4.44. The number of nitrogens with two attached hydrogens (primary N) is 1. The highest BCUT2D eigenvalue weighted by molar-refractivity contribution is 6.29. The lowest BCUT2D eigenvalue weighted by Gasteiger charge is -2.00. The predicted octanol–water partition coefficient (Wildman–Crippen LogP) is 3.16. The van der Waals surface area contributed by atoms with E-state index in [0.717, 1.165) is 23.3 Å². The molecule has 4 heteroatoms. The number of hydrogen-bond acceptors (Lipinski definition) is 2. The number of fused-ring (bicyclic) bond motifs is 1. The van der Waals surface area contributed by atoms with Gasteiger partial charge in [-0.3, -0.25) is 4.40 Å². The highest BCUT2D eigenvalue weighted by atomic mass is 35.5. The summed E-state index contributed by atoms with van der Waals surface area (Å²) in [4.78, 5) is 4.57. The Hall–Kier alpha value is -1.84. The average Bonchev–Trinajstić information content (AvgIpc) is 2.85. The summed E-state index contributed by atoms with van der Waals surface area (Å²) < 4.78 is 1.88. The maximum absolute atomic E-state index is 6.13. The highest BCUT2D eigenvalue weighted by Crippen LogP contribution is 2.22. The molecule has 2 heterocycles. The molecule has 3 rings (SSSR count). The van der Waals surface area contributed by atoms with Gasteiger partial charge in [0.05, 0.1) is 5.69 Å². The summed E-state index contributed by atoms with van der Waals surface area (Å²) in [6.45, 7) is 0.670. The van der Waals surface area contributed by atoms with Gasteiger partial charge in [0.25, 0.3) is 0 Å². The minimum absolute atomic E-state index is 0.663. The van der Waals surface area contributed by atoms with E-state index in [1.165, 1.54) is 5.56 Å². The number of pyridine rings is 1. The smallest absolute Gasteiger partial charge is 0.138 e. The first-order valence-electron chi connectivity index (χ1n) is 6.21. The zero-order chi connectivity index (χ0) is 13.2. The van der Waals surface area contributed by atoms with Gasteiger partial charge in [0, 0.05) is 11.8 Å². The van der Waals surface area contributed by atoms with Gasteiger partial charge in [0.2, 0.25) is 0 Å². The maximum Gasteiger partial charge on any atom is 0.138 e. The first-order chi connectivity index (χ1) is 9.28. The third-order valence-electron chi connectivity index (χ3n) is 3.13. The van der Waals surface area contributed by atoms with E-state index in [1.807, 2.05) is 28.8 Å². The van der Waals surface area contributed by atoms with Gasteiger partial charge in [-0.1, -0.05) is 41.9 Å². The van der Waals surface area contributed by atoms with Gasteiger partial charge in [-0.05, 0) is 30.7 Å². The lowest BCUT2D eigenvalue weighted by atomic mass is 10.1. The normalized spacial score (nSPS) is 11.1. The Morgan fingerprint density at radius 2 is 1.89 bits per heavy atom. The van der Waals surface area contributed by atoms with E-state index in [2.05, 4.69) is 29.2 Å². The van der Waals surface area contributed by atoms with Crippen LogP contribution in [0.3, 0.4) is 0 Å². The van der Waals surface area contributed by atoms with Crippen molar-refractivity contribution in [3.63, 3.8) is 0 Å². The molecule has 0 aliphatic carbocycles. The van der Waals surface area contributed by atoms with Crippen molar-refractivity contribution in [1.29, 1.82) is 0 Å². The van der Waals surface area contributed by atoms with Crippen LogP contribution >= 0.6 is 11.6 Å². The maximum atomic E-state index is 6.13. The molecule has 0 atom stereocenters. The number of benzene rings is 1. The molecule has 0 unspecified atom stereocenters. The Balaban J connectivity index is 2.01. The lowest BCUT2D eigenvalue weighted by Crippen LogP contribution is -2.02. The van der Waals surface area contributed by atoms with Crippen LogP contribution in [0.25, 0.3) is 16.9 Å². The molecule has 0 spiro atoms. The predicted molar refractivity (Wildman–Crippen MR) is 78.4 cm³/mol. The topological polar surface area (TPSA) is 43.3 Å². The molecule has 3 aromatic rings. The summed E-state index contributed by atoms with van der Waals surface area (Å²) in [6.07, 6.45) is 2.85. The first-order valence-corrected chi connectivity index (χ1v) is 6.59. The van der Waals surface area contributed by atoms with Gasteiger partial charge < -0.3 is 5.73 Å². The van der Waals surface area contributed by atoms with E-state index in [-0.39, 0.29) is 0 Å². The van der Waals surface area contributed by atoms with Crippen LogP contribution in [0.1, 0.15) is 5.56 Å². The molecule has 19 heavy (non-hydrogen) atoms. The Morgan fingerprint density at radius 1 is 1.11 bits per heavy atom. The van der Waals surface area contributed by atoms with Gasteiger partial charge in [0.15, 0.2) is 0 Å². The summed E-state index contributed by atoms with van der Waals surface area (Å²) in [7, 11) is 0. The standard InChI is InChI=1S/C15H14ClN3/c16-14-2-1-3-15-18-13(10-19(14)15)12-6-4-11(5-7-12)8-9-17/h1-7,10H,8-9,17H2. The highest BCUT2D eigenvalue weighted by Gasteiger charge is 2.06. The third kappa shape index (κ3) is 2.35. The molecule has 2 aromatic heterocycles. The summed E-state index contributed by atoms with van der Waals surface area (Å²) in [5.41, 5.74) is 9.65. The molecule has 0 saturated carbocycles. The van der Waals surface area contributed by atoms with Crippen LogP contribution in [0.4, 0.5) is 0 Å². The van der Waals surface area contributed by atoms with E-state index < -0.39 is 0 Å². The van der Waals surface area contributed by atoms with Crippen molar-refractivity contribution in [1.82, 2.24) is 9.38 Å². The Kier molecular flexibility index (Phi) is 3.23. The van der Waals surface area contributed by atoms with E-state index in [9.17, 15) is 0 Å². The van der Waals surface area contributed by atoms with Gasteiger partial charge in [-0.25, -0.2) is 4.98 Å². The molecular formula is C15H14ClN3. The quantitative estimate of drug-likeness (QED) is 0.744. The number of halogens is 1. The van der Waals surface area contributed by atoms with Crippen molar-refractivity contribution in [2.75, 3.05) is 6.54 Å². The van der Waals surface area contributed by atoms with E-state index in [0.29, 0.717) is 11.7 Å². The summed E-state index contributed by atoms with van der Waals surface area (Å²) in [5.74, 6) is 0. The van der Waals surface area contributed by atoms with Crippen molar-refractivity contribution < 1.29 is 0 Å². The van der Waals surface area contributed by atoms with Crippen molar-refractivity contribution >= 4 is 17.2 Å². The van der Waals surface area contributed by atoms with Crippen LogP contribution in [-0.4, -0.2) is 15.9 Å². The molecule has 3 nitrogen and oxygen atoms in total. The zero-order valence-electron chi connectivity index (χ0n) is 10.4. The van der Waals surface area contributed by atoms with Crippen LogP contribution in [0, 0.1) is 0 Å².